The van der Waals surface area contributed by atoms with Crippen LogP contribution in [0.3, 0.4) is 0 Å². The molecule has 0 saturated carbocycles. The lowest BCUT2D eigenvalue weighted by molar-refractivity contribution is 0.375. The van der Waals surface area contributed by atoms with E-state index in [4.69, 9.17) is 10.00 Å². The summed E-state index contributed by atoms with van der Waals surface area (Å²) in [6.07, 6.45) is 0. The normalized spacial score (nSPS) is 10.9. The van der Waals surface area contributed by atoms with Gasteiger partial charge in [-0.25, -0.2) is 4.39 Å². The predicted octanol–water partition coefficient (Wildman–Crippen LogP) is 3.40. The molecule has 0 amide bonds. The molecule has 0 fully saturated rings. The average Bonchev–Trinajstić information content (AvgIpc) is 2.16. The second-order valence-corrected chi connectivity index (χ2v) is 4.62. The third kappa shape index (κ3) is 2.29. The van der Waals surface area contributed by atoms with Crippen molar-refractivity contribution in [1.82, 2.24) is 0 Å². The van der Waals surface area contributed by atoms with Crippen LogP contribution in [-0.4, -0.2) is 7.11 Å². The van der Waals surface area contributed by atoms with Crippen molar-refractivity contribution in [3.63, 3.8) is 0 Å². The minimum atomic E-state index is -0.782. The van der Waals surface area contributed by atoms with Gasteiger partial charge in [0, 0.05) is 10.0 Å². The van der Waals surface area contributed by atoms with Crippen LogP contribution >= 0.6 is 15.9 Å². The Labute approximate surface area is 96.8 Å². The molecule has 0 spiro atoms. The molecule has 0 saturated heterocycles. The molecule has 0 radical (unpaired) electrons. The van der Waals surface area contributed by atoms with Gasteiger partial charge in [-0.1, -0.05) is 15.9 Å². The van der Waals surface area contributed by atoms with Gasteiger partial charge in [0.1, 0.15) is 0 Å². The fraction of sp³-hybridized carbons (Fsp3) is 0.364. The molecule has 2 nitrogen and oxygen atoms in total. The number of methoxy groups -OCH3 is 1. The third-order valence-corrected chi connectivity index (χ3v) is 2.62. The summed E-state index contributed by atoms with van der Waals surface area (Å²) >= 11 is 3.19. The first-order valence-electron chi connectivity index (χ1n) is 4.37. The first-order chi connectivity index (χ1) is 6.92. The van der Waals surface area contributed by atoms with Gasteiger partial charge >= 0.3 is 0 Å². The molecule has 15 heavy (non-hydrogen) atoms. The maximum absolute atomic E-state index is 13.5. The van der Waals surface area contributed by atoms with Crippen LogP contribution in [0.1, 0.15) is 19.4 Å². The largest absolute Gasteiger partial charge is 0.493 e. The predicted molar refractivity (Wildman–Crippen MR) is 59.3 cm³/mol. The van der Waals surface area contributed by atoms with Gasteiger partial charge in [-0.05, 0) is 26.0 Å². The fourth-order valence-corrected chi connectivity index (χ4v) is 1.72. The summed E-state index contributed by atoms with van der Waals surface area (Å²) < 4.78 is 19.1. The molecule has 0 heterocycles. The van der Waals surface area contributed by atoms with Crippen molar-refractivity contribution in [2.45, 2.75) is 19.3 Å². The van der Waals surface area contributed by atoms with Crippen LogP contribution in [0.4, 0.5) is 4.39 Å². The minimum absolute atomic E-state index is 0.129. The number of rotatable bonds is 2. The summed E-state index contributed by atoms with van der Waals surface area (Å²) in [5, 5.41) is 9.01. The Morgan fingerprint density at radius 3 is 2.53 bits per heavy atom. The Hall–Kier alpha value is -1.08. The molecule has 0 unspecified atom stereocenters. The average molecular weight is 272 g/mol. The van der Waals surface area contributed by atoms with E-state index in [1.165, 1.54) is 13.2 Å². The summed E-state index contributed by atoms with van der Waals surface area (Å²) in [5.74, 6) is -0.338. The van der Waals surface area contributed by atoms with Crippen LogP contribution in [0.5, 0.6) is 5.75 Å². The second-order valence-electron chi connectivity index (χ2n) is 3.71. The van der Waals surface area contributed by atoms with Crippen molar-refractivity contribution < 1.29 is 9.13 Å². The van der Waals surface area contributed by atoms with Gasteiger partial charge in [0.05, 0.1) is 18.6 Å². The van der Waals surface area contributed by atoms with Crippen molar-refractivity contribution in [3.8, 4) is 11.8 Å². The molecule has 0 aliphatic heterocycles. The zero-order valence-corrected chi connectivity index (χ0v) is 10.4. The molecule has 1 aromatic carbocycles. The molecular weight excluding hydrogens is 261 g/mol. The summed E-state index contributed by atoms with van der Waals surface area (Å²) in [4.78, 5) is 0. The van der Waals surface area contributed by atoms with Crippen LogP contribution in [-0.2, 0) is 5.41 Å². The maximum Gasteiger partial charge on any atom is 0.166 e. The van der Waals surface area contributed by atoms with Crippen molar-refractivity contribution >= 4 is 15.9 Å². The van der Waals surface area contributed by atoms with E-state index in [0.717, 1.165) is 0 Å². The van der Waals surface area contributed by atoms with E-state index in [1.807, 2.05) is 0 Å². The van der Waals surface area contributed by atoms with Gasteiger partial charge in [-0.15, -0.1) is 0 Å². The van der Waals surface area contributed by atoms with Crippen molar-refractivity contribution in [1.29, 1.82) is 5.26 Å². The van der Waals surface area contributed by atoms with Gasteiger partial charge in [-0.3, -0.25) is 0 Å². The van der Waals surface area contributed by atoms with E-state index < -0.39 is 11.2 Å². The number of nitriles is 1. The highest BCUT2D eigenvalue weighted by molar-refractivity contribution is 9.10. The standard InChI is InChI=1S/C11H11BrFNO/c1-11(2,6-14)8-4-7(12)5-9(13)10(8)15-3/h4-5H,1-3H3. The Morgan fingerprint density at radius 1 is 1.47 bits per heavy atom. The van der Waals surface area contributed by atoms with Gasteiger partial charge in [0.15, 0.2) is 11.6 Å². The van der Waals surface area contributed by atoms with E-state index in [1.54, 1.807) is 19.9 Å². The smallest absolute Gasteiger partial charge is 0.166 e. The zero-order chi connectivity index (χ0) is 11.6. The van der Waals surface area contributed by atoms with E-state index >= 15 is 0 Å². The summed E-state index contributed by atoms with van der Waals surface area (Å²) in [6.45, 7) is 3.44. The lowest BCUT2D eigenvalue weighted by Gasteiger charge is -2.19. The molecule has 0 aromatic heterocycles. The quantitative estimate of drug-likeness (QED) is 0.826. The lowest BCUT2D eigenvalue weighted by atomic mass is 9.85. The second kappa shape index (κ2) is 4.19. The Balaban J connectivity index is 3.47. The molecule has 0 N–H and O–H groups in total. The van der Waals surface area contributed by atoms with Gasteiger partial charge in [0.2, 0.25) is 0 Å². The lowest BCUT2D eigenvalue weighted by Crippen LogP contribution is -2.16. The van der Waals surface area contributed by atoms with Crippen molar-refractivity contribution in [2.24, 2.45) is 0 Å². The SMILES string of the molecule is COc1c(F)cc(Br)cc1C(C)(C)C#N. The van der Waals surface area contributed by atoms with Crippen LogP contribution in [0.15, 0.2) is 16.6 Å². The number of benzene rings is 1. The Morgan fingerprint density at radius 2 is 2.07 bits per heavy atom. The number of nitrogens with zero attached hydrogens (tertiary/aromatic N) is 1. The highest BCUT2D eigenvalue weighted by atomic mass is 79.9. The van der Waals surface area contributed by atoms with E-state index in [0.29, 0.717) is 10.0 Å². The van der Waals surface area contributed by atoms with Crippen LogP contribution in [0.2, 0.25) is 0 Å². The van der Waals surface area contributed by atoms with Gasteiger partial charge in [0.25, 0.3) is 0 Å². The summed E-state index contributed by atoms with van der Waals surface area (Å²) in [6, 6.07) is 5.13. The first kappa shape index (κ1) is 12.0. The highest BCUT2D eigenvalue weighted by Crippen LogP contribution is 2.35. The van der Waals surface area contributed by atoms with E-state index in [9.17, 15) is 4.39 Å². The Bertz CT molecular complexity index is 423. The van der Waals surface area contributed by atoms with Crippen LogP contribution < -0.4 is 4.74 Å². The van der Waals surface area contributed by atoms with Gasteiger partial charge < -0.3 is 4.74 Å². The molecule has 80 valence electrons. The minimum Gasteiger partial charge on any atom is -0.493 e. The monoisotopic (exact) mass is 271 g/mol. The molecule has 0 bridgehead atoms. The first-order valence-corrected chi connectivity index (χ1v) is 5.16. The van der Waals surface area contributed by atoms with Crippen LogP contribution in [0.25, 0.3) is 0 Å². The molecular formula is C11H11BrFNO. The summed E-state index contributed by atoms with van der Waals surface area (Å²) in [5.41, 5.74) is -0.241. The van der Waals surface area contributed by atoms with Crippen LogP contribution in [0, 0.1) is 17.1 Å². The number of halogens is 2. The van der Waals surface area contributed by atoms with Crippen molar-refractivity contribution in [2.75, 3.05) is 7.11 Å². The molecule has 0 aliphatic rings. The fourth-order valence-electron chi connectivity index (χ4n) is 1.29. The maximum atomic E-state index is 13.5. The van der Waals surface area contributed by atoms with Gasteiger partial charge in [-0.2, -0.15) is 5.26 Å². The topological polar surface area (TPSA) is 33.0 Å². The van der Waals surface area contributed by atoms with Crippen molar-refractivity contribution in [3.05, 3.63) is 28.0 Å². The number of hydrogen-bond acceptors (Lipinski definition) is 2. The third-order valence-electron chi connectivity index (χ3n) is 2.17. The van der Waals surface area contributed by atoms with E-state index in [-0.39, 0.29) is 5.75 Å². The molecule has 4 heteroatoms. The molecule has 0 aliphatic carbocycles. The zero-order valence-electron chi connectivity index (χ0n) is 8.77. The molecule has 1 rings (SSSR count). The Kier molecular flexibility index (Phi) is 3.35. The van der Waals surface area contributed by atoms with E-state index in [2.05, 4.69) is 22.0 Å². The summed E-state index contributed by atoms with van der Waals surface area (Å²) in [7, 11) is 1.39. The molecule has 0 atom stereocenters. The number of ether oxygens (including phenoxy) is 1. The number of hydrogen-bond donors (Lipinski definition) is 0. The molecule has 1 aromatic rings. The highest BCUT2D eigenvalue weighted by Gasteiger charge is 2.26.